The molecule has 2 aromatic carbocycles. The predicted octanol–water partition coefficient (Wildman–Crippen LogP) is 5.08. The highest BCUT2D eigenvalue weighted by molar-refractivity contribution is 6.06. The van der Waals surface area contributed by atoms with E-state index in [2.05, 4.69) is 24.2 Å². The largest absolute Gasteiger partial charge is 0.478 e. The molecular formula is C24H25NO3. The van der Waals surface area contributed by atoms with Crippen LogP contribution in [0.1, 0.15) is 52.7 Å². The first-order chi connectivity index (χ1) is 13.5. The van der Waals surface area contributed by atoms with Gasteiger partial charge in [-0.1, -0.05) is 36.8 Å². The summed E-state index contributed by atoms with van der Waals surface area (Å²) in [5.74, 6) is 1.21. The molecular weight excluding hydrogens is 350 g/mol. The Balaban J connectivity index is 1.95. The van der Waals surface area contributed by atoms with Gasteiger partial charge < -0.3 is 10.4 Å². The molecule has 144 valence electrons. The number of nitrogens with one attached hydrogen (secondary N) is 1. The molecule has 0 radical (unpaired) electrons. The van der Waals surface area contributed by atoms with Crippen molar-refractivity contribution in [2.24, 2.45) is 0 Å². The number of carboxylic acid groups (broad SMARTS) is 1. The number of hydrogen-bond donors (Lipinski definition) is 2. The summed E-state index contributed by atoms with van der Waals surface area (Å²) in [6.07, 6.45) is 13.6. The van der Waals surface area contributed by atoms with Crippen LogP contribution in [0.2, 0.25) is 0 Å². The van der Waals surface area contributed by atoms with Crippen LogP contribution < -0.4 is 5.32 Å². The minimum atomic E-state index is -1.08. The maximum absolute atomic E-state index is 12.1. The van der Waals surface area contributed by atoms with Gasteiger partial charge in [0, 0.05) is 12.5 Å². The third kappa shape index (κ3) is 6.44. The Morgan fingerprint density at radius 2 is 1.93 bits per heavy atom. The Morgan fingerprint density at radius 1 is 1.14 bits per heavy atom. The summed E-state index contributed by atoms with van der Waals surface area (Å²) >= 11 is 0. The van der Waals surface area contributed by atoms with Crippen molar-refractivity contribution in [3.63, 3.8) is 0 Å². The van der Waals surface area contributed by atoms with Crippen LogP contribution in [0.4, 0.5) is 5.69 Å². The fraction of sp³-hybridized carbons (Fsp3) is 0.250. The van der Waals surface area contributed by atoms with E-state index in [1.807, 2.05) is 12.1 Å². The van der Waals surface area contributed by atoms with Crippen LogP contribution in [0.25, 0.3) is 6.08 Å². The van der Waals surface area contributed by atoms with Crippen molar-refractivity contribution in [2.75, 3.05) is 5.32 Å². The van der Waals surface area contributed by atoms with Gasteiger partial charge in [0.1, 0.15) is 0 Å². The maximum Gasteiger partial charge on any atom is 0.337 e. The number of carboxylic acids is 1. The highest BCUT2D eigenvalue weighted by Crippen LogP contribution is 2.17. The van der Waals surface area contributed by atoms with E-state index in [0.29, 0.717) is 0 Å². The minimum Gasteiger partial charge on any atom is -0.478 e. The van der Waals surface area contributed by atoms with E-state index in [0.717, 1.165) is 37.7 Å². The van der Waals surface area contributed by atoms with Crippen LogP contribution in [0.3, 0.4) is 0 Å². The molecule has 0 atom stereocenters. The summed E-state index contributed by atoms with van der Waals surface area (Å²) in [7, 11) is 0. The minimum absolute atomic E-state index is 0.0618. The van der Waals surface area contributed by atoms with Crippen molar-refractivity contribution in [1.29, 1.82) is 0 Å². The van der Waals surface area contributed by atoms with Crippen molar-refractivity contribution >= 4 is 23.6 Å². The summed E-state index contributed by atoms with van der Waals surface area (Å²) < 4.78 is 0. The number of aromatic carboxylic acids is 1. The lowest BCUT2D eigenvalue weighted by Crippen LogP contribution is -2.11. The molecule has 4 heteroatoms. The van der Waals surface area contributed by atoms with Gasteiger partial charge in [-0.2, -0.15) is 0 Å². The molecule has 0 aliphatic carbocycles. The van der Waals surface area contributed by atoms with Gasteiger partial charge in [-0.15, -0.1) is 12.3 Å². The zero-order valence-electron chi connectivity index (χ0n) is 16.1. The zero-order valence-corrected chi connectivity index (χ0v) is 16.1. The highest BCUT2D eigenvalue weighted by Gasteiger charge is 2.10. The summed E-state index contributed by atoms with van der Waals surface area (Å²) in [6.45, 7) is 2.07. The van der Waals surface area contributed by atoms with Crippen LogP contribution in [0, 0.1) is 19.3 Å². The predicted molar refractivity (Wildman–Crippen MR) is 113 cm³/mol. The molecule has 0 heterocycles. The molecule has 0 aliphatic heterocycles. The SMILES string of the molecule is C#CCCCCCc1ccc(/C=C/C(=O)Nc2ccccc2C(=O)O)cc1C. The number of benzene rings is 2. The molecule has 2 N–H and O–H groups in total. The zero-order chi connectivity index (χ0) is 20.4. The molecule has 0 aliphatic rings. The van der Waals surface area contributed by atoms with E-state index < -0.39 is 5.97 Å². The van der Waals surface area contributed by atoms with E-state index in [1.165, 1.54) is 23.3 Å². The first-order valence-corrected chi connectivity index (χ1v) is 9.35. The number of para-hydroxylation sites is 1. The fourth-order valence-corrected chi connectivity index (χ4v) is 2.95. The number of carbonyl (C=O) groups is 2. The van der Waals surface area contributed by atoms with Gasteiger partial charge in [0.15, 0.2) is 0 Å². The van der Waals surface area contributed by atoms with E-state index in [9.17, 15) is 9.59 Å². The van der Waals surface area contributed by atoms with E-state index >= 15 is 0 Å². The first-order valence-electron chi connectivity index (χ1n) is 9.35. The van der Waals surface area contributed by atoms with Crippen LogP contribution in [0.15, 0.2) is 48.5 Å². The molecule has 0 aromatic heterocycles. The Hall–Kier alpha value is -3.32. The molecule has 2 aromatic rings. The van der Waals surface area contributed by atoms with Crippen molar-refractivity contribution in [2.45, 2.75) is 39.0 Å². The number of rotatable bonds is 9. The van der Waals surface area contributed by atoms with Crippen LogP contribution in [-0.4, -0.2) is 17.0 Å². The molecule has 4 nitrogen and oxygen atoms in total. The quantitative estimate of drug-likeness (QED) is 0.365. The van der Waals surface area contributed by atoms with Crippen LogP contribution >= 0.6 is 0 Å². The average Bonchev–Trinajstić information content (AvgIpc) is 2.68. The van der Waals surface area contributed by atoms with Crippen LogP contribution in [-0.2, 0) is 11.2 Å². The monoisotopic (exact) mass is 375 g/mol. The number of hydrogen-bond acceptors (Lipinski definition) is 2. The Labute approximate surface area is 166 Å². The van der Waals surface area contributed by atoms with Gasteiger partial charge in [0.05, 0.1) is 11.3 Å². The molecule has 0 bridgehead atoms. The highest BCUT2D eigenvalue weighted by atomic mass is 16.4. The summed E-state index contributed by atoms with van der Waals surface area (Å²) in [6, 6.07) is 12.4. The number of carbonyl (C=O) groups excluding carboxylic acids is 1. The standard InChI is InChI=1S/C24H25NO3/c1-3-4-5-6-7-10-20-15-13-19(17-18(20)2)14-16-23(26)25-22-12-9-8-11-21(22)24(27)28/h1,8-9,11-17H,4-7,10H2,2H3,(H,25,26)(H,27,28)/b16-14+. The maximum atomic E-state index is 12.1. The number of terminal acetylenes is 1. The van der Waals surface area contributed by atoms with Gasteiger partial charge >= 0.3 is 5.97 Å². The van der Waals surface area contributed by atoms with Crippen molar-refractivity contribution in [3.8, 4) is 12.3 Å². The third-order valence-corrected chi connectivity index (χ3v) is 4.48. The summed E-state index contributed by atoms with van der Waals surface area (Å²) in [4.78, 5) is 23.3. The second kappa shape index (κ2) is 10.7. The molecule has 0 spiro atoms. The summed E-state index contributed by atoms with van der Waals surface area (Å²) in [5.41, 5.74) is 3.76. The molecule has 0 fully saturated rings. The molecule has 1 amide bonds. The molecule has 0 unspecified atom stereocenters. The smallest absolute Gasteiger partial charge is 0.337 e. The Kier molecular flexibility index (Phi) is 8.05. The Bertz CT molecular complexity index is 906. The van der Waals surface area contributed by atoms with Gasteiger partial charge in [-0.3, -0.25) is 4.79 Å². The van der Waals surface area contributed by atoms with Gasteiger partial charge in [-0.25, -0.2) is 4.79 Å². The molecule has 28 heavy (non-hydrogen) atoms. The fourth-order valence-electron chi connectivity index (χ4n) is 2.95. The first kappa shape index (κ1) is 21.0. The van der Waals surface area contributed by atoms with Gasteiger partial charge in [0.25, 0.3) is 0 Å². The number of aryl methyl sites for hydroxylation is 2. The second-order valence-corrected chi connectivity index (χ2v) is 6.62. The molecule has 0 saturated heterocycles. The van der Waals surface area contributed by atoms with Crippen LogP contribution in [0.5, 0.6) is 0 Å². The van der Waals surface area contributed by atoms with E-state index in [-0.39, 0.29) is 17.2 Å². The van der Waals surface area contributed by atoms with E-state index in [1.54, 1.807) is 24.3 Å². The van der Waals surface area contributed by atoms with Crippen molar-refractivity contribution < 1.29 is 14.7 Å². The number of unbranched alkanes of at least 4 members (excludes halogenated alkanes) is 3. The molecule has 2 rings (SSSR count). The lowest BCUT2D eigenvalue weighted by Gasteiger charge is -2.07. The van der Waals surface area contributed by atoms with Crippen molar-refractivity contribution in [1.82, 2.24) is 0 Å². The van der Waals surface area contributed by atoms with Gasteiger partial charge in [0.2, 0.25) is 5.91 Å². The lowest BCUT2D eigenvalue weighted by molar-refractivity contribution is -0.111. The lowest BCUT2D eigenvalue weighted by atomic mass is 9.99. The molecule has 0 saturated carbocycles. The van der Waals surface area contributed by atoms with E-state index in [4.69, 9.17) is 11.5 Å². The van der Waals surface area contributed by atoms with Gasteiger partial charge in [-0.05, 0) is 61.1 Å². The second-order valence-electron chi connectivity index (χ2n) is 6.62. The topological polar surface area (TPSA) is 66.4 Å². The average molecular weight is 375 g/mol. The Morgan fingerprint density at radius 3 is 2.64 bits per heavy atom. The normalized spacial score (nSPS) is 10.6. The summed E-state index contributed by atoms with van der Waals surface area (Å²) in [5, 5.41) is 11.8. The van der Waals surface area contributed by atoms with Crippen molar-refractivity contribution in [3.05, 3.63) is 70.8 Å². The number of amides is 1. The number of anilines is 1. The third-order valence-electron chi connectivity index (χ3n) is 4.48.